The maximum absolute atomic E-state index is 9.74. The van der Waals surface area contributed by atoms with Gasteiger partial charge >= 0.3 is 7.12 Å². The standard InChI is InChI=1S/C22H22BN5O2/c1-14-10-16-18(23(29)30)8-5-9-20(16)28(14)22-26-19-13-24-12-17(19)21(27-22)25-11-15-6-3-2-4-7-15/h2-10,24,29-30H,11-13H2,1H3,(H,25,26,27). The summed E-state index contributed by atoms with van der Waals surface area (Å²) in [6.45, 7) is 4.08. The lowest BCUT2D eigenvalue weighted by Gasteiger charge is -2.14. The zero-order valence-corrected chi connectivity index (χ0v) is 16.6. The minimum Gasteiger partial charge on any atom is -0.423 e. The Morgan fingerprint density at radius 1 is 1.07 bits per heavy atom. The van der Waals surface area contributed by atoms with Gasteiger partial charge < -0.3 is 20.7 Å². The molecule has 0 atom stereocenters. The van der Waals surface area contributed by atoms with Gasteiger partial charge in [0.25, 0.3) is 0 Å². The van der Waals surface area contributed by atoms with Crippen LogP contribution in [0.3, 0.4) is 0 Å². The van der Waals surface area contributed by atoms with Crippen molar-refractivity contribution in [2.24, 2.45) is 0 Å². The van der Waals surface area contributed by atoms with Crippen molar-refractivity contribution in [2.45, 2.75) is 26.6 Å². The Bertz CT molecular complexity index is 1220. The normalized spacial score (nSPS) is 12.9. The Morgan fingerprint density at radius 3 is 2.70 bits per heavy atom. The van der Waals surface area contributed by atoms with Gasteiger partial charge in [-0.3, -0.25) is 4.57 Å². The second kappa shape index (κ2) is 7.57. The average molecular weight is 399 g/mol. The fourth-order valence-corrected chi connectivity index (χ4v) is 4.06. The summed E-state index contributed by atoms with van der Waals surface area (Å²) in [6, 6.07) is 17.6. The number of nitrogens with one attached hydrogen (secondary N) is 2. The first kappa shape index (κ1) is 18.8. The van der Waals surface area contributed by atoms with E-state index in [0.717, 1.165) is 40.2 Å². The van der Waals surface area contributed by atoms with Gasteiger partial charge in [0.2, 0.25) is 5.95 Å². The summed E-state index contributed by atoms with van der Waals surface area (Å²) in [4.78, 5) is 9.68. The number of fused-ring (bicyclic) bond motifs is 2. The SMILES string of the molecule is Cc1cc2c(B(O)O)cccc2n1-c1nc2c(c(NCc3ccccc3)n1)CNC2. The molecule has 8 heteroatoms. The van der Waals surface area contributed by atoms with Gasteiger partial charge in [0.05, 0.1) is 11.2 Å². The molecular formula is C22H22BN5O2. The highest BCUT2D eigenvalue weighted by atomic mass is 16.4. The summed E-state index contributed by atoms with van der Waals surface area (Å²) < 4.78 is 1.97. The summed E-state index contributed by atoms with van der Waals surface area (Å²) in [7, 11) is -1.53. The lowest BCUT2D eigenvalue weighted by Crippen LogP contribution is -2.30. The highest BCUT2D eigenvalue weighted by Crippen LogP contribution is 2.27. The molecule has 0 unspecified atom stereocenters. The zero-order valence-electron chi connectivity index (χ0n) is 16.6. The fraction of sp³-hybridized carbons (Fsp3) is 0.182. The van der Waals surface area contributed by atoms with Gasteiger partial charge in [0.15, 0.2) is 0 Å². The molecule has 0 fully saturated rings. The molecular weight excluding hydrogens is 377 g/mol. The number of hydrogen-bond donors (Lipinski definition) is 4. The molecule has 2 aromatic heterocycles. The van der Waals surface area contributed by atoms with E-state index in [4.69, 9.17) is 9.97 Å². The molecule has 7 nitrogen and oxygen atoms in total. The summed E-state index contributed by atoms with van der Waals surface area (Å²) in [5.41, 5.74) is 5.50. The number of rotatable bonds is 5. The van der Waals surface area contributed by atoms with E-state index < -0.39 is 7.12 Å². The van der Waals surface area contributed by atoms with E-state index in [0.29, 0.717) is 24.5 Å². The minimum atomic E-state index is -1.53. The van der Waals surface area contributed by atoms with Crippen LogP contribution in [0.1, 0.15) is 22.5 Å². The first-order valence-electron chi connectivity index (χ1n) is 9.97. The zero-order chi connectivity index (χ0) is 20.7. The summed E-state index contributed by atoms with van der Waals surface area (Å²) in [5.74, 6) is 1.40. The number of hydrogen-bond acceptors (Lipinski definition) is 6. The maximum atomic E-state index is 9.74. The second-order valence-corrected chi connectivity index (χ2v) is 7.52. The lowest BCUT2D eigenvalue weighted by molar-refractivity contribution is 0.426. The number of anilines is 1. The van der Waals surface area contributed by atoms with Crippen molar-refractivity contribution in [3.63, 3.8) is 0 Å². The van der Waals surface area contributed by atoms with Crippen LogP contribution in [0.2, 0.25) is 0 Å². The summed E-state index contributed by atoms with van der Waals surface area (Å²) in [6.07, 6.45) is 0. The van der Waals surface area contributed by atoms with Crippen LogP contribution < -0.4 is 16.1 Å². The van der Waals surface area contributed by atoms with Crippen molar-refractivity contribution in [2.75, 3.05) is 5.32 Å². The van der Waals surface area contributed by atoms with Crippen molar-refractivity contribution in [1.29, 1.82) is 0 Å². The molecule has 4 aromatic rings. The molecule has 0 amide bonds. The van der Waals surface area contributed by atoms with Gasteiger partial charge in [-0.1, -0.05) is 42.5 Å². The third-order valence-electron chi connectivity index (χ3n) is 5.52. The van der Waals surface area contributed by atoms with Gasteiger partial charge in [-0.15, -0.1) is 0 Å². The maximum Gasteiger partial charge on any atom is 0.489 e. The summed E-state index contributed by atoms with van der Waals surface area (Å²) >= 11 is 0. The number of nitrogens with zero attached hydrogens (tertiary/aromatic N) is 3. The highest BCUT2D eigenvalue weighted by Gasteiger charge is 2.23. The molecule has 0 spiro atoms. The van der Waals surface area contributed by atoms with Crippen LogP contribution in [0.25, 0.3) is 16.9 Å². The van der Waals surface area contributed by atoms with E-state index in [1.165, 1.54) is 5.56 Å². The first-order chi connectivity index (χ1) is 14.6. The molecule has 1 aliphatic rings. The van der Waals surface area contributed by atoms with Crippen molar-refractivity contribution >= 4 is 29.3 Å². The van der Waals surface area contributed by atoms with E-state index in [9.17, 15) is 10.0 Å². The van der Waals surface area contributed by atoms with Gasteiger partial charge in [-0.05, 0) is 30.1 Å². The number of benzene rings is 2. The Morgan fingerprint density at radius 2 is 1.90 bits per heavy atom. The minimum absolute atomic E-state index is 0.472. The predicted octanol–water partition coefficient (Wildman–Crippen LogP) is 1.62. The molecule has 0 saturated heterocycles. The average Bonchev–Trinajstić information content (AvgIpc) is 3.35. The number of aryl methyl sites for hydroxylation is 1. The molecule has 2 aromatic carbocycles. The third-order valence-corrected chi connectivity index (χ3v) is 5.52. The van der Waals surface area contributed by atoms with Crippen molar-refractivity contribution in [3.8, 4) is 5.95 Å². The van der Waals surface area contributed by atoms with E-state index in [1.54, 1.807) is 6.07 Å². The quantitative estimate of drug-likeness (QED) is 0.381. The van der Waals surface area contributed by atoms with Crippen molar-refractivity contribution in [1.82, 2.24) is 19.9 Å². The van der Waals surface area contributed by atoms with Gasteiger partial charge in [-0.2, -0.15) is 4.98 Å². The first-order valence-corrected chi connectivity index (χ1v) is 9.97. The van der Waals surface area contributed by atoms with Crippen molar-refractivity contribution in [3.05, 3.63) is 77.1 Å². The molecule has 0 bridgehead atoms. The van der Waals surface area contributed by atoms with Crippen LogP contribution in [-0.2, 0) is 19.6 Å². The van der Waals surface area contributed by atoms with Crippen LogP contribution in [0.4, 0.5) is 5.82 Å². The Hall–Kier alpha value is -3.20. The van der Waals surface area contributed by atoms with Crippen LogP contribution in [0.15, 0.2) is 54.6 Å². The Labute approximate surface area is 174 Å². The predicted molar refractivity (Wildman–Crippen MR) is 118 cm³/mol. The largest absolute Gasteiger partial charge is 0.489 e. The highest BCUT2D eigenvalue weighted by molar-refractivity contribution is 6.61. The topological polar surface area (TPSA) is 95.2 Å². The third kappa shape index (κ3) is 3.25. The Kier molecular flexibility index (Phi) is 4.74. The van der Waals surface area contributed by atoms with E-state index >= 15 is 0 Å². The van der Waals surface area contributed by atoms with Crippen LogP contribution >= 0.6 is 0 Å². The van der Waals surface area contributed by atoms with E-state index in [-0.39, 0.29) is 0 Å². The van der Waals surface area contributed by atoms with E-state index in [1.807, 2.05) is 47.9 Å². The molecule has 4 N–H and O–H groups in total. The second-order valence-electron chi connectivity index (χ2n) is 7.52. The smallest absolute Gasteiger partial charge is 0.423 e. The van der Waals surface area contributed by atoms with Crippen LogP contribution in [0.5, 0.6) is 0 Å². The van der Waals surface area contributed by atoms with Crippen LogP contribution in [0, 0.1) is 6.92 Å². The monoisotopic (exact) mass is 399 g/mol. The Balaban J connectivity index is 1.60. The molecule has 150 valence electrons. The molecule has 0 radical (unpaired) electrons. The van der Waals surface area contributed by atoms with Crippen molar-refractivity contribution < 1.29 is 10.0 Å². The van der Waals surface area contributed by atoms with Gasteiger partial charge in [0.1, 0.15) is 5.82 Å². The van der Waals surface area contributed by atoms with Gasteiger partial charge in [-0.25, -0.2) is 4.98 Å². The van der Waals surface area contributed by atoms with Gasteiger partial charge in [0, 0.05) is 36.3 Å². The molecule has 0 aliphatic carbocycles. The van der Waals surface area contributed by atoms with E-state index in [2.05, 4.69) is 22.8 Å². The van der Waals surface area contributed by atoms with Crippen LogP contribution in [-0.4, -0.2) is 31.7 Å². The molecule has 5 rings (SSSR count). The number of aromatic nitrogens is 3. The lowest BCUT2D eigenvalue weighted by atomic mass is 9.78. The molecule has 1 aliphatic heterocycles. The summed E-state index contributed by atoms with van der Waals surface area (Å²) in [5, 5.41) is 27.1. The molecule has 3 heterocycles. The molecule has 30 heavy (non-hydrogen) atoms. The molecule has 0 saturated carbocycles. The fourth-order valence-electron chi connectivity index (χ4n) is 4.06.